The number of carbonyl (C=O) groups is 2. The normalized spacial score (nSPS) is 14.3. The molecule has 2 atom stereocenters. The quantitative estimate of drug-likeness (QED) is 0.0191. The maximum absolute atomic E-state index is 12.4. The SMILES string of the molecule is CC/C=C\C/C=C\C/C=C\C/C=C\C/C=C\C=C/C(O)CCC(=O)O[C@H](COC(=O)CCCCCC/C=C\C/C=C\C/C=C\C/C=C\CC)COP(=O)(O)O. The predicted molar refractivity (Wildman–Crippen MR) is 226 cm³/mol. The van der Waals surface area contributed by atoms with Crippen LogP contribution in [0.25, 0.3) is 0 Å². The number of ether oxygens (including phenoxy) is 2. The molecule has 55 heavy (non-hydrogen) atoms. The van der Waals surface area contributed by atoms with Crippen molar-refractivity contribution in [2.75, 3.05) is 13.2 Å². The second kappa shape index (κ2) is 38.7. The molecule has 0 aromatic rings. The van der Waals surface area contributed by atoms with E-state index in [1.807, 2.05) is 12.2 Å². The van der Waals surface area contributed by atoms with Gasteiger partial charge in [-0.15, -0.1) is 0 Å². The van der Waals surface area contributed by atoms with Crippen LogP contribution in [0.1, 0.15) is 123 Å². The minimum atomic E-state index is -4.84. The van der Waals surface area contributed by atoms with Crippen molar-refractivity contribution < 1.29 is 43.0 Å². The van der Waals surface area contributed by atoms with Gasteiger partial charge in [-0.2, -0.15) is 0 Å². The molecular weight excluding hydrogens is 715 g/mol. The Morgan fingerprint density at radius 1 is 0.564 bits per heavy atom. The van der Waals surface area contributed by atoms with E-state index in [2.05, 4.69) is 116 Å². The predicted octanol–water partition coefficient (Wildman–Crippen LogP) is 11.1. The third kappa shape index (κ3) is 41.4. The lowest BCUT2D eigenvalue weighted by Gasteiger charge is -2.18. The number of phosphoric ester groups is 1. The molecule has 0 saturated heterocycles. The summed E-state index contributed by atoms with van der Waals surface area (Å²) in [5.74, 6) is -1.21. The van der Waals surface area contributed by atoms with Gasteiger partial charge in [-0.25, -0.2) is 4.57 Å². The number of phosphoric acid groups is 1. The third-order valence-electron chi connectivity index (χ3n) is 7.59. The Hall–Kier alpha value is -3.59. The molecule has 0 bridgehead atoms. The zero-order valence-corrected chi connectivity index (χ0v) is 34.3. The molecule has 0 aliphatic heterocycles. The molecule has 0 fully saturated rings. The van der Waals surface area contributed by atoms with E-state index in [1.165, 1.54) is 0 Å². The van der Waals surface area contributed by atoms with Crippen molar-refractivity contribution >= 4 is 19.8 Å². The Bertz CT molecular complexity index is 1310. The Balaban J connectivity index is 4.27. The minimum Gasteiger partial charge on any atom is -0.462 e. The lowest BCUT2D eigenvalue weighted by Crippen LogP contribution is -2.29. The Morgan fingerprint density at radius 2 is 1.04 bits per heavy atom. The Morgan fingerprint density at radius 3 is 1.55 bits per heavy atom. The van der Waals surface area contributed by atoms with Crippen LogP contribution < -0.4 is 0 Å². The smallest absolute Gasteiger partial charge is 0.462 e. The minimum absolute atomic E-state index is 0.0776. The van der Waals surface area contributed by atoms with Gasteiger partial charge in [0.25, 0.3) is 0 Å². The van der Waals surface area contributed by atoms with Crippen LogP contribution in [0.15, 0.2) is 122 Å². The molecule has 0 aliphatic carbocycles. The van der Waals surface area contributed by atoms with E-state index in [-0.39, 0.29) is 19.3 Å². The summed E-state index contributed by atoms with van der Waals surface area (Å²) in [6.45, 7) is 3.21. The van der Waals surface area contributed by atoms with Gasteiger partial charge in [0.05, 0.1) is 12.7 Å². The lowest BCUT2D eigenvalue weighted by molar-refractivity contribution is -0.161. The molecule has 0 aromatic carbocycles. The van der Waals surface area contributed by atoms with Crippen molar-refractivity contribution in [3.05, 3.63) is 122 Å². The maximum atomic E-state index is 12.4. The lowest BCUT2D eigenvalue weighted by atomic mass is 10.1. The van der Waals surface area contributed by atoms with E-state index in [1.54, 1.807) is 12.2 Å². The van der Waals surface area contributed by atoms with E-state index in [0.717, 1.165) is 83.5 Å². The number of hydrogen-bond donors (Lipinski definition) is 3. The zero-order chi connectivity index (χ0) is 40.5. The summed E-state index contributed by atoms with van der Waals surface area (Å²) >= 11 is 0. The summed E-state index contributed by atoms with van der Waals surface area (Å²) in [6, 6.07) is 0. The van der Waals surface area contributed by atoms with Gasteiger partial charge in [0.1, 0.15) is 6.61 Å². The van der Waals surface area contributed by atoms with Gasteiger partial charge in [0.2, 0.25) is 0 Å². The first-order valence-corrected chi connectivity index (χ1v) is 21.5. The summed E-state index contributed by atoms with van der Waals surface area (Å²) in [4.78, 5) is 42.8. The van der Waals surface area contributed by atoms with Gasteiger partial charge >= 0.3 is 19.8 Å². The van der Waals surface area contributed by atoms with Gasteiger partial charge in [0, 0.05) is 12.8 Å². The van der Waals surface area contributed by atoms with Crippen LogP contribution >= 0.6 is 7.82 Å². The highest BCUT2D eigenvalue weighted by atomic mass is 31.2. The molecule has 0 saturated carbocycles. The monoisotopic (exact) mass is 784 g/mol. The van der Waals surface area contributed by atoms with Crippen LogP contribution in [0.2, 0.25) is 0 Å². The highest BCUT2D eigenvalue weighted by Gasteiger charge is 2.23. The summed E-state index contributed by atoms with van der Waals surface area (Å²) in [7, 11) is -4.84. The van der Waals surface area contributed by atoms with E-state index in [4.69, 9.17) is 19.3 Å². The van der Waals surface area contributed by atoms with Crippen LogP contribution in [0.3, 0.4) is 0 Å². The number of aliphatic hydroxyl groups excluding tert-OH is 1. The average Bonchev–Trinajstić information content (AvgIpc) is 3.15. The van der Waals surface area contributed by atoms with Gasteiger partial charge in [-0.05, 0) is 83.5 Å². The summed E-state index contributed by atoms with van der Waals surface area (Å²) in [5, 5.41) is 10.2. The molecule has 0 aliphatic rings. The summed E-state index contributed by atoms with van der Waals surface area (Å²) in [5.41, 5.74) is 0. The number of rotatable bonds is 34. The number of aliphatic hydroxyl groups is 1. The third-order valence-corrected chi connectivity index (χ3v) is 8.08. The highest BCUT2D eigenvalue weighted by Crippen LogP contribution is 2.36. The molecule has 0 amide bonds. The molecule has 0 heterocycles. The van der Waals surface area contributed by atoms with Gasteiger partial charge in [0.15, 0.2) is 6.10 Å². The van der Waals surface area contributed by atoms with Crippen molar-refractivity contribution in [1.82, 2.24) is 0 Å². The van der Waals surface area contributed by atoms with Crippen molar-refractivity contribution in [2.45, 2.75) is 135 Å². The van der Waals surface area contributed by atoms with Crippen LogP contribution in [0.4, 0.5) is 0 Å². The van der Waals surface area contributed by atoms with Crippen LogP contribution in [-0.4, -0.2) is 52.3 Å². The van der Waals surface area contributed by atoms with E-state index in [9.17, 15) is 19.3 Å². The fourth-order valence-electron chi connectivity index (χ4n) is 4.65. The van der Waals surface area contributed by atoms with Crippen molar-refractivity contribution in [1.29, 1.82) is 0 Å². The van der Waals surface area contributed by atoms with Gasteiger partial charge < -0.3 is 24.4 Å². The topological polar surface area (TPSA) is 140 Å². The molecule has 308 valence electrons. The molecular formula is C45H69O9P. The van der Waals surface area contributed by atoms with E-state index >= 15 is 0 Å². The first-order chi connectivity index (χ1) is 26.7. The maximum Gasteiger partial charge on any atom is 0.469 e. The van der Waals surface area contributed by atoms with Crippen LogP contribution in [0.5, 0.6) is 0 Å². The number of esters is 2. The van der Waals surface area contributed by atoms with E-state index < -0.39 is 45.2 Å². The molecule has 3 N–H and O–H groups in total. The largest absolute Gasteiger partial charge is 0.469 e. The number of allylic oxidation sites excluding steroid dienone is 19. The fourth-order valence-corrected chi connectivity index (χ4v) is 5.01. The zero-order valence-electron chi connectivity index (χ0n) is 33.4. The number of unbranched alkanes of at least 4 members (excludes halogenated alkanes) is 4. The molecule has 0 aromatic heterocycles. The number of carbonyl (C=O) groups excluding carboxylic acids is 2. The van der Waals surface area contributed by atoms with E-state index in [0.29, 0.717) is 6.42 Å². The molecule has 0 radical (unpaired) electrons. The van der Waals surface area contributed by atoms with Crippen molar-refractivity contribution in [3.8, 4) is 0 Å². The molecule has 0 spiro atoms. The molecule has 1 unspecified atom stereocenters. The average molecular weight is 785 g/mol. The standard InChI is InChI=1S/C45H69O9P/c1-3-5-7-9-11-13-15-17-19-21-23-25-27-29-31-33-35-37-44(47)52-40-43(41-53-55(49,50)51)54-45(48)39-38-42(46)36-34-32-30-28-26-24-22-20-18-16-14-12-10-8-6-4-2/h5-8,11-14,17-20,23-26,30,32,34,36,42-43,46H,3-4,9-10,15-16,21-22,27-29,31,33,35,37-41H2,1-2H3,(H2,49,50,51)/b7-5-,8-6-,13-11-,14-12-,19-17-,20-18-,25-23-,26-24-,32-30-,36-34-/t42?,43-/m1/s1. The highest BCUT2D eigenvalue weighted by molar-refractivity contribution is 7.46. The second-order valence-corrected chi connectivity index (χ2v) is 13.9. The summed E-state index contributed by atoms with van der Waals surface area (Å²) < 4.78 is 26.2. The Kier molecular flexibility index (Phi) is 36.2. The second-order valence-electron chi connectivity index (χ2n) is 12.7. The fraction of sp³-hybridized carbons (Fsp3) is 0.511. The molecule has 10 heteroatoms. The molecule has 0 rings (SSSR count). The van der Waals surface area contributed by atoms with Crippen LogP contribution in [0, 0.1) is 0 Å². The Labute approximate surface area is 331 Å². The molecule has 9 nitrogen and oxygen atoms in total. The first kappa shape index (κ1) is 51.4. The van der Waals surface area contributed by atoms with Crippen molar-refractivity contribution in [2.24, 2.45) is 0 Å². The van der Waals surface area contributed by atoms with Gasteiger partial charge in [-0.1, -0.05) is 148 Å². The number of hydrogen-bond acceptors (Lipinski definition) is 7. The first-order valence-electron chi connectivity index (χ1n) is 19.9. The summed E-state index contributed by atoms with van der Waals surface area (Å²) in [6.07, 6.45) is 52.4. The van der Waals surface area contributed by atoms with Crippen LogP contribution in [-0.2, 0) is 28.2 Å². The van der Waals surface area contributed by atoms with Gasteiger partial charge in [-0.3, -0.25) is 14.1 Å². The van der Waals surface area contributed by atoms with Crippen molar-refractivity contribution in [3.63, 3.8) is 0 Å².